The SMILES string of the molecule is O=C1c2ccccc2C=[N+]1Cc1ccccc1N1CCCC1. The van der Waals surface area contributed by atoms with Crippen molar-refractivity contribution in [2.45, 2.75) is 19.4 Å². The first-order valence-electron chi connectivity index (χ1n) is 7.91. The zero-order chi connectivity index (χ0) is 14.9. The Morgan fingerprint density at radius 2 is 1.68 bits per heavy atom. The van der Waals surface area contributed by atoms with Gasteiger partial charge in [0.1, 0.15) is 5.56 Å². The lowest BCUT2D eigenvalue weighted by atomic mass is 10.1. The van der Waals surface area contributed by atoms with Gasteiger partial charge in [-0.1, -0.05) is 30.3 Å². The minimum Gasteiger partial charge on any atom is -0.371 e. The molecule has 22 heavy (non-hydrogen) atoms. The van der Waals surface area contributed by atoms with Crippen molar-refractivity contribution in [2.24, 2.45) is 0 Å². The summed E-state index contributed by atoms with van der Waals surface area (Å²) in [5.41, 5.74) is 4.33. The zero-order valence-electron chi connectivity index (χ0n) is 12.5. The first-order valence-corrected chi connectivity index (χ1v) is 7.91. The monoisotopic (exact) mass is 291 g/mol. The molecule has 1 fully saturated rings. The van der Waals surface area contributed by atoms with Crippen LogP contribution in [0.1, 0.15) is 34.3 Å². The van der Waals surface area contributed by atoms with Crippen molar-refractivity contribution in [1.29, 1.82) is 0 Å². The predicted molar refractivity (Wildman–Crippen MR) is 87.8 cm³/mol. The van der Waals surface area contributed by atoms with Crippen LogP contribution in [0.2, 0.25) is 0 Å². The predicted octanol–water partition coefficient (Wildman–Crippen LogP) is 3.07. The second-order valence-electron chi connectivity index (χ2n) is 5.97. The Morgan fingerprint density at radius 3 is 2.50 bits per heavy atom. The van der Waals surface area contributed by atoms with Crippen molar-refractivity contribution in [1.82, 2.24) is 0 Å². The fourth-order valence-electron chi connectivity index (χ4n) is 3.40. The van der Waals surface area contributed by atoms with Crippen LogP contribution < -0.4 is 4.90 Å². The van der Waals surface area contributed by atoms with Crippen LogP contribution in [0.4, 0.5) is 5.69 Å². The van der Waals surface area contributed by atoms with E-state index >= 15 is 0 Å². The minimum atomic E-state index is 0.104. The van der Waals surface area contributed by atoms with Gasteiger partial charge in [0.25, 0.3) is 0 Å². The van der Waals surface area contributed by atoms with E-state index in [0.717, 1.165) is 24.2 Å². The van der Waals surface area contributed by atoms with Crippen molar-refractivity contribution in [3.63, 3.8) is 0 Å². The van der Waals surface area contributed by atoms with Gasteiger partial charge in [-0.25, -0.2) is 4.79 Å². The summed E-state index contributed by atoms with van der Waals surface area (Å²) in [7, 11) is 0. The van der Waals surface area contributed by atoms with Crippen LogP contribution in [-0.2, 0) is 6.54 Å². The standard InChI is InChI=1S/C19H19N2O/c22-19-17-9-3-1-7-15(17)13-21(19)14-16-8-2-4-10-18(16)20-11-5-6-12-20/h1-4,7-10,13H,5-6,11-12,14H2/q+1. The summed E-state index contributed by atoms with van der Waals surface area (Å²) in [4.78, 5) is 14.9. The Kier molecular flexibility index (Phi) is 3.26. The molecule has 3 heteroatoms. The van der Waals surface area contributed by atoms with Gasteiger partial charge < -0.3 is 4.90 Å². The number of amides is 1. The highest BCUT2D eigenvalue weighted by molar-refractivity contribution is 6.04. The summed E-state index contributed by atoms with van der Waals surface area (Å²) in [5.74, 6) is 0.104. The van der Waals surface area contributed by atoms with Gasteiger partial charge in [-0.15, -0.1) is 0 Å². The number of anilines is 1. The largest absolute Gasteiger partial charge is 0.420 e. The maximum absolute atomic E-state index is 12.5. The van der Waals surface area contributed by atoms with E-state index < -0.39 is 0 Å². The molecule has 0 N–H and O–H groups in total. The number of benzene rings is 2. The van der Waals surface area contributed by atoms with Crippen molar-refractivity contribution >= 4 is 17.8 Å². The smallest absolute Gasteiger partial charge is 0.371 e. The second-order valence-corrected chi connectivity index (χ2v) is 5.97. The van der Waals surface area contributed by atoms with Gasteiger partial charge >= 0.3 is 5.91 Å². The normalized spacial score (nSPS) is 16.8. The summed E-state index contributed by atoms with van der Waals surface area (Å²) in [6.07, 6.45) is 4.49. The lowest BCUT2D eigenvalue weighted by Crippen LogP contribution is -2.22. The first-order chi connectivity index (χ1) is 10.8. The number of hydrogen-bond acceptors (Lipinski definition) is 2. The number of fused-ring (bicyclic) bond motifs is 1. The van der Waals surface area contributed by atoms with E-state index in [1.54, 1.807) is 0 Å². The molecule has 0 spiro atoms. The number of carbonyl (C=O) groups excluding carboxylic acids is 1. The molecular weight excluding hydrogens is 272 g/mol. The molecule has 2 aliphatic rings. The van der Waals surface area contributed by atoms with Crippen molar-refractivity contribution in [3.8, 4) is 0 Å². The Bertz CT molecular complexity index is 758. The Morgan fingerprint density at radius 1 is 0.955 bits per heavy atom. The summed E-state index contributed by atoms with van der Waals surface area (Å²) in [5, 5.41) is 0. The Hall–Kier alpha value is -2.42. The molecule has 1 amide bonds. The molecule has 0 unspecified atom stereocenters. The molecule has 0 atom stereocenters. The highest BCUT2D eigenvalue weighted by Crippen LogP contribution is 2.26. The number of hydrogen-bond donors (Lipinski definition) is 0. The molecule has 2 heterocycles. The molecule has 0 aliphatic carbocycles. The van der Waals surface area contributed by atoms with Gasteiger partial charge in [-0.2, -0.15) is 4.58 Å². The molecule has 0 radical (unpaired) electrons. The van der Waals surface area contributed by atoms with Crippen molar-refractivity contribution in [2.75, 3.05) is 18.0 Å². The number of carbonyl (C=O) groups is 1. The maximum atomic E-state index is 12.5. The molecule has 3 nitrogen and oxygen atoms in total. The molecular formula is C19H19N2O+. The molecule has 2 aliphatic heterocycles. The third-order valence-corrected chi connectivity index (χ3v) is 4.53. The molecule has 0 bridgehead atoms. The quantitative estimate of drug-likeness (QED) is 0.811. The molecule has 110 valence electrons. The van der Waals surface area contributed by atoms with E-state index in [-0.39, 0.29) is 5.91 Å². The summed E-state index contributed by atoms with van der Waals surface area (Å²) in [6.45, 7) is 2.88. The fraction of sp³-hybridized carbons (Fsp3) is 0.263. The summed E-state index contributed by atoms with van der Waals surface area (Å²) < 4.78 is 1.83. The highest BCUT2D eigenvalue weighted by atomic mass is 16.2. The van der Waals surface area contributed by atoms with E-state index in [1.165, 1.54) is 24.1 Å². The summed E-state index contributed by atoms with van der Waals surface area (Å²) >= 11 is 0. The van der Waals surface area contributed by atoms with E-state index in [9.17, 15) is 4.79 Å². The maximum Gasteiger partial charge on any atom is 0.420 e. The van der Waals surface area contributed by atoms with Crippen LogP contribution in [0.25, 0.3) is 0 Å². The van der Waals surface area contributed by atoms with Crippen molar-refractivity contribution < 1.29 is 9.37 Å². The average molecular weight is 291 g/mol. The number of para-hydroxylation sites is 1. The van der Waals surface area contributed by atoms with Crippen LogP contribution in [0.3, 0.4) is 0 Å². The van der Waals surface area contributed by atoms with Crippen LogP contribution in [0.5, 0.6) is 0 Å². The summed E-state index contributed by atoms with van der Waals surface area (Å²) in [6, 6.07) is 16.3. The van der Waals surface area contributed by atoms with E-state index in [2.05, 4.69) is 29.2 Å². The van der Waals surface area contributed by atoms with E-state index in [4.69, 9.17) is 0 Å². The van der Waals surface area contributed by atoms with E-state index in [0.29, 0.717) is 6.54 Å². The van der Waals surface area contributed by atoms with Crippen LogP contribution in [0.15, 0.2) is 48.5 Å². The lowest BCUT2D eigenvalue weighted by Gasteiger charge is -2.20. The fourth-order valence-corrected chi connectivity index (χ4v) is 3.40. The van der Waals surface area contributed by atoms with Gasteiger partial charge in [0.2, 0.25) is 0 Å². The molecule has 1 saturated heterocycles. The minimum absolute atomic E-state index is 0.104. The van der Waals surface area contributed by atoms with Gasteiger partial charge in [-0.3, -0.25) is 0 Å². The molecule has 4 rings (SSSR count). The first kappa shape index (κ1) is 13.3. The highest BCUT2D eigenvalue weighted by Gasteiger charge is 2.31. The Labute approximate surface area is 130 Å². The molecule has 2 aromatic carbocycles. The number of nitrogens with zero attached hydrogens (tertiary/aromatic N) is 2. The lowest BCUT2D eigenvalue weighted by molar-refractivity contribution is -0.437. The average Bonchev–Trinajstić information content (AvgIpc) is 3.18. The zero-order valence-corrected chi connectivity index (χ0v) is 12.5. The van der Waals surface area contributed by atoms with Gasteiger partial charge in [0.05, 0.1) is 5.56 Å². The number of rotatable bonds is 3. The molecule has 0 aromatic heterocycles. The van der Waals surface area contributed by atoms with Gasteiger partial charge in [-0.05, 0) is 31.0 Å². The van der Waals surface area contributed by atoms with Gasteiger partial charge in [0.15, 0.2) is 12.8 Å². The van der Waals surface area contributed by atoms with E-state index in [1.807, 2.05) is 35.1 Å². The van der Waals surface area contributed by atoms with Crippen LogP contribution in [-0.4, -0.2) is 29.8 Å². The second kappa shape index (κ2) is 5.41. The topological polar surface area (TPSA) is 23.3 Å². The van der Waals surface area contributed by atoms with Gasteiger partial charge in [0, 0.05) is 24.3 Å². The van der Waals surface area contributed by atoms with Crippen molar-refractivity contribution in [3.05, 3.63) is 65.2 Å². The Balaban J connectivity index is 1.64. The third kappa shape index (κ3) is 2.23. The molecule has 2 aromatic rings. The van der Waals surface area contributed by atoms with Crippen LogP contribution in [0, 0.1) is 0 Å². The third-order valence-electron chi connectivity index (χ3n) is 4.53. The van der Waals surface area contributed by atoms with Crippen LogP contribution >= 0.6 is 0 Å². The molecule has 0 saturated carbocycles.